The minimum Gasteiger partial charge on any atom is -0.480 e. The lowest BCUT2D eigenvalue weighted by atomic mass is 9.93. The molecule has 0 bridgehead atoms. The van der Waals surface area contributed by atoms with Crippen LogP contribution in [0.25, 0.3) is 0 Å². The monoisotopic (exact) mass is 554 g/mol. The van der Waals surface area contributed by atoms with Gasteiger partial charge in [0.2, 0.25) is 5.88 Å². The second kappa shape index (κ2) is 9.80. The highest BCUT2D eigenvalue weighted by Gasteiger charge is 2.27. The maximum absolute atomic E-state index is 12.9. The summed E-state index contributed by atoms with van der Waals surface area (Å²) in [6.07, 6.45) is 5.10. The van der Waals surface area contributed by atoms with Gasteiger partial charge in [0.15, 0.2) is 9.84 Å². The molecule has 2 aromatic heterocycles. The van der Waals surface area contributed by atoms with E-state index in [1.54, 1.807) is 30.5 Å². The number of carboxylic acids is 1. The number of aliphatic carboxylic acids is 1. The van der Waals surface area contributed by atoms with Crippen molar-refractivity contribution in [1.29, 1.82) is 0 Å². The van der Waals surface area contributed by atoms with E-state index in [0.29, 0.717) is 21.7 Å². The van der Waals surface area contributed by atoms with Crippen molar-refractivity contribution in [2.75, 3.05) is 5.88 Å². The Morgan fingerprint density at radius 2 is 2.15 bits per heavy atom. The van der Waals surface area contributed by atoms with Gasteiger partial charge >= 0.3 is 5.97 Å². The molecule has 4 rings (SSSR count). The summed E-state index contributed by atoms with van der Waals surface area (Å²) in [6.45, 7) is -0.219. The van der Waals surface area contributed by atoms with Crippen molar-refractivity contribution in [3.63, 3.8) is 0 Å². The van der Waals surface area contributed by atoms with Crippen molar-refractivity contribution in [2.24, 2.45) is 0 Å². The number of rotatable bonds is 8. The zero-order valence-corrected chi connectivity index (χ0v) is 20.4. The van der Waals surface area contributed by atoms with Crippen molar-refractivity contribution in [3.8, 4) is 11.6 Å². The number of ether oxygens (including phenoxy) is 1. The van der Waals surface area contributed by atoms with Crippen LogP contribution in [0.3, 0.4) is 0 Å². The number of hydrogen-bond donors (Lipinski definition) is 2. The number of fused-ring (bicyclic) bond motifs is 1. The molecule has 0 radical (unpaired) electrons. The molecule has 1 aliphatic carbocycles. The van der Waals surface area contributed by atoms with Crippen molar-refractivity contribution >= 4 is 43.3 Å². The molecule has 174 valence electrons. The molecule has 0 unspecified atom stereocenters. The number of halogens is 2. The Hall–Kier alpha value is -2.47. The average Bonchev–Trinajstić information content (AvgIpc) is 3.16. The molecule has 9 nitrogen and oxygen atoms in total. The van der Waals surface area contributed by atoms with Gasteiger partial charge in [0.25, 0.3) is 0 Å². The van der Waals surface area contributed by atoms with Crippen LogP contribution in [0.2, 0.25) is 5.02 Å². The van der Waals surface area contributed by atoms with Crippen LogP contribution in [-0.2, 0) is 27.6 Å². The molecule has 1 aliphatic rings. The molecule has 0 aliphatic heterocycles. The summed E-state index contributed by atoms with van der Waals surface area (Å²) in [4.78, 5) is 15.2. The number of sulfone groups is 1. The summed E-state index contributed by atoms with van der Waals surface area (Å²) < 4.78 is 33.4. The Morgan fingerprint density at radius 3 is 2.88 bits per heavy atom. The maximum atomic E-state index is 12.9. The van der Waals surface area contributed by atoms with Gasteiger partial charge in [0, 0.05) is 28.5 Å². The molecule has 0 amide bonds. The minimum atomic E-state index is -3.69. The Balaban J connectivity index is 1.46. The Labute approximate surface area is 203 Å². The van der Waals surface area contributed by atoms with E-state index in [1.807, 2.05) is 0 Å². The molecule has 1 atom stereocenters. The fourth-order valence-corrected chi connectivity index (χ4v) is 5.54. The van der Waals surface area contributed by atoms with Crippen molar-refractivity contribution in [2.45, 2.75) is 36.7 Å². The molecule has 0 saturated heterocycles. The summed E-state index contributed by atoms with van der Waals surface area (Å²) in [7, 11) is -3.69. The molecule has 33 heavy (non-hydrogen) atoms. The number of pyridine rings is 1. The lowest BCUT2D eigenvalue weighted by Gasteiger charge is -2.24. The largest absolute Gasteiger partial charge is 0.480 e. The molecule has 0 fully saturated rings. The Morgan fingerprint density at radius 1 is 1.33 bits per heavy atom. The predicted molar refractivity (Wildman–Crippen MR) is 124 cm³/mol. The first kappa shape index (κ1) is 23.7. The summed E-state index contributed by atoms with van der Waals surface area (Å²) in [6, 6.07) is 8.01. The first-order chi connectivity index (χ1) is 15.7. The van der Waals surface area contributed by atoms with Crippen LogP contribution < -0.4 is 10.1 Å². The van der Waals surface area contributed by atoms with Crippen LogP contribution in [0.5, 0.6) is 11.6 Å². The van der Waals surface area contributed by atoms with E-state index < -0.39 is 15.8 Å². The Bertz CT molecular complexity index is 1300. The second-order valence-corrected chi connectivity index (χ2v) is 10.8. The van der Waals surface area contributed by atoms with Gasteiger partial charge in [-0.3, -0.25) is 14.8 Å². The third kappa shape index (κ3) is 5.55. The standard InChI is InChI=1S/C21H20BrClN4O5S/c22-17-8-15(9-24-21(17)32-14-4-1-3-13(23)7-14)33(30,31)12-25-18-5-2-6-19-16(18)10-26-27(19)11-20(28)29/h1,3-4,7-10,18,25H,2,5-6,11-12H2,(H,28,29)/t18-/m1/s1. The van der Waals surface area contributed by atoms with Crippen LogP contribution in [0.4, 0.5) is 0 Å². The van der Waals surface area contributed by atoms with Crippen molar-refractivity contribution in [1.82, 2.24) is 20.1 Å². The number of carboxylic acid groups (broad SMARTS) is 1. The quantitative estimate of drug-likeness (QED) is 0.428. The molecule has 2 N–H and O–H groups in total. The van der Waals surface area contributed by atoms with Gasteiger partial charge in [0.05, 0.1) is 15.6 Å². The Kier molecular flexibility index (Phi) is 7.03. The molecular formula is C21H20BrClN4O5S. The van der Waals surface area contributed by atoms with E-state index in [2.05, 4.69) is 31.3 Å². The van der Waals surface area contributed by atoms with Gasteiger partial charge in [-0.05, 0) is 59.5 Å². The third-order valence-corrected chi connectivity index (χ3v) is 7.51. The minimum absolute atomic E-state index is 0.0397. The molecule has 0 spiro atoms. The highest BCUT2D eigenvalue weighted by Crippen LogP contribution is 2.32. The van der Waals surface area contributed by atoms with E-state index in [1.165, 1.54) is 16.9 Å². The molecular weight excluding hydrogens is 536 g/mol. The predicted octanol–water partition coefficient (Wildman–Crippen LogP) is 3.97. The average molecular weight is 556 g/mol. The second-order valence-electron chi connectivity index (χ2n) is 7.52. The van der Waals surface area contributed by atoms with Gasteiger partial charge in [-0.2, -0.15) is 5.10 Å². The molecule has 3 aromatic rings. The number of aromatic nitrogens is 3. The smallest absolute Gasteiger partial charge is 0.325 e. The number of nitrogens with zero attached hydrogens (tertiary/aromatic N) is 3. The number of benzene rings is 1. The lowest BCUT2D eigenvalue weighted by Crippen LogP contribution is -2.30. The SMILES string of the molecule is O=C(O)Cn1ncc2c1CCC[C@H]2NCS(=O)(=O)c1cnc(Oc2cccc(Cl)c2)c(Br)c1. The van der Waals surface area contributed by atoms with E-state index in [9.17, 15) is 13.2 Å². The van der Waals surface area contributed by atoms with Crippen LogP contribution in [-0.4, -0.2) is 40.1 Å². The van der Waals surface area contributed by atoms with Crippen molar-refractivity contribution in [3.05, 3.63) is 63.5 Å². The number of carbonyl (C=O) groups is 1. The van der Waals surface area contributed by atoms with Gasteiger partial charge < -0.3 is 9.84 Å². The number of nitrogens with one attached hydrogen (secondary N) is 1. The van der Waals surface area contributed by atoms with Gasteiger partial charge in [-0.15, -0.1) is 0 Å². The van der Waals surface area contributed by atoms with Gasteiger partial charge in [0.1, 0.15) is 18.2 Å². The van der Waals surface area contributed by atoms with E-state index in [4.69, 9.17) is 21.4 Å². The molecule has 0 saturated carbocycles. The highest BCUT2D eigenvalue weighted by molar-refractivity contribution is 9.10. The van der Waals surface area contributed by atoms with Crippen molar-refractivity contribution < 1.29 is 23.1 Å². The highest BCUT2D eigenvalue weighted by atomic mass is 79.9. The lowest BCUT2D eigenvalue weighted by molar-refractivity contribution is -0.137. The zero-order chi connectivity index (χ0) is 23.6. The first-order valence-electron chi connectivity index (χ1n) is 10.0. The van der Waals surface area contributed by atoms with E-state index >= 15 is 0 Å². The topological polar surface area (TPSA) is 123 Å². The molecule has 1 aromatic carbocycles. The maximum Gasteiger partial charge on any atom is 0.325 e. The summed E-state index contributed by atoms with van der Waals surface area (Å²) in [5, 5.41) is 16.8. The van der Waals surface area contributed by atoms with E-state index in [-0.39, 0.29) is 29.2 Å². The van der Waals surface area contributed by atoms with Gasteiger partial charge in [-0.25, -0.2) is 13.4 Å². The van der Waals surface area contributed by atoms with Crippen LogP contribution >= 0.6 is 27.5 Å². The third-order valence-electron chi connectivity index (χ3n) is 5.22. The van der Waals surface area contributed by atoms with Gasteiger partial charge in [-0.1, -0.05) is 17.7 Å². The van der Waals surface area contributed by atoms with Crippen LogP contribution in [0.15, 0.2) is 52.1 Å². The summed E-state index contributed by atoms with van der Waals surface area (Å²) >= 11 is 9.28. The normalized spacial score (nSPS) is 15.8. The van der Waals surface area contributed by atoms with Crippen LogP contribution in [0, 0.1) is 0 Å². The molecule has 2 heterocycles. The fourth-order valence-electron chi connectivity index (χ4n) is 3.68. The van der Waals surface area contributed by atoms with Crippen LogP contribution in [0.1, 0.15) is 30.1 Å². The zero-order valence-electron chi connectivity index (χ0n) is 17.2. The molecule has 12 heteroatoms. The van der Waals surface area contributed by atoms with E-state index in [0.717, 1.165) is 24.1 Å². The number of hydrogen-bond acceptors (Lipinski definition) is 7. The summed E-state index contributed by atoms with van der Waals surface area (Å²) in [5.41, 5.74) is 1.66. The summed E-state index contributed by atoms with van der Waals surface area (Å²) in [5.74, 6) is -0.583. The fraction of sp³-hybridized carbons (Fsp3) is 0.286. The first-order valence-corrected chi connectivity index (χ1v) is 12.9.